The molecule has 0 saturated carbocycles. The molecule has 46 heavy (non-hydrogen) atoms. The average molecular weight is 642 g/mol. The summed E-state index contributed by atoms with van der Waals surface area (Å²) >= 11 is 0. The summed E-state index contributed by atoms with van der Waals surface area (Å²) in [7, 11) is 3.22. The number of ether oxygens (including phenoxy) is 2. The fraction of sp³-hybridized carbons (Fsp3) is 0.469. The van der Waals surface area contributed by atoms with Crippen molar-refractivity contribution in [2.75, 3.05) is 58.4 Å². The number of methoxy groups -OCH3 is 1. The number of hydrogen-bond acceptors (Lipinski definition) is 9. The number of amides is 2. The van der Waals surface area contributed by atoms with Gasteiger partial charge >= 0.3 is 6.18 Å². The minimum atomic E-state index is -4.84. The first kappa shape index (κ1) is 32.9. The van der Waals surface area contributed by atoms with E-state index in [1.807, 2.05) is 37.9 Å². The van der Waals surface area contributed by atoms with E-state index < -0.39 is 23.3 Å². The van der Waals surface area contributed by atoms with Crippen molar-refractivity contribution in [2.45, 2.75) is 44.9 Å². The van der Waals surface area contributed by atoms with Crippen LogP contribution in [0.4, 0.5) is 18.9 Å². The Morgan fingerprint density at radius 2 is 1.85 bits per heavy atom. The second-order valence-electron chi connectivity index (χ2n) is 11.2. The lowest BCUT2D eigenvalue weighted by atomic mass is 10.0. The molecule has 2 amide bonds. The number of rotatable bonds is 10. The Bertz CT molecular complexity index is 1570. The molecule has 0 aromatic carbocycles. The lowest BCUT2D eigenvalue weighted by molar-refractivity contribution is -0.141. The lowest BCUT2D eigenvalue weighted by Gasteiger charge is -2.43. The predicted octanol–water partition coefficient (Wildman–Crippen LogP) is 4.14. The van der Waals surface area contributed by atoms with Crippen LogP contribution < -0.4 is 19.7 Å². The van der Waals surface area contributed by atoms with E-state index in [-0.39, 0.29) is 49.2 Å². The van der Waals surface area contributed by atoms with Crippen LogP contribution in [0.25, 0.3) is 11.3 Å². The van der Waals surface area contributed by atoms with Crippen LogP contribution in [0, 0.1) is 0 Å². The van der Waals surface area contributed by atoms with Crippen molar-refractivity contribution in [1.82, 2.24) is 30.1 Å². The van der Waals surface area contributed by atoms with Gasteiger partial charge in [0.05, 0.1) is 36.2 Å². The third-order valence-corrected chi connectivity index (χ3v) is 8.48. The minimum Gasteiger partial charge on any atom is -0.481 e. The number of piperazine rings is 1. The molecular formula is C32H38F3N7O4. The SMILES string of the molecule is CCOc1ncccc1-c1ccc(N2CCN(C(=O)c3ccc(OC)nc3C(F)(F)F)C[C@H]2CC)c(C(=O)NC[C@@H]2CCN2C)n1. The predicted molar refractivity (Wildman–Crippen MR) is 165 cm³/mol. The number of nitrogens with one attached hydrogen (secondary N) is 1. The highest BCUT2D eigenvalue weighted by atomic mass is 19.4. The molecule has 1 N–H and O–H groups in total. The van der Waals surface area contributed by atoms with E-state index >= 15 is 0 Å². The Morgan fingerprint density at radius 3 is 2.50 bits per heavy atom. The fourth-order valence-corrected chi connectivity index (χ4v) is 5.78. The van der Waals surface area contributed by atoms with Gasteiger partial charge in [-0.25, -0.2) is 15.0 Å². The molecule has 5 rings (SSSR count). The summed E-state index contributed by atoms with van der Waals surface area (Å²) in [5.74, 6) is -0.939. The molecule has 11 nitrogen and oxygen atoms in total. The quantitative estimate of drug-likeness (QED) is 0.349. The zero-order valence-electron chi connectivity index (χ0n) is 26.3. The van der Waals surface area contributed by atoms with Gasteiger partial charge in [-0.1, -0.05) is 6.92 Å². The van der Waals surface area contributed by atoms with Gasteiger partial charge in [0.2, 0.25) is 11.8 Å². The first-order valence-corrected chi connectivity index (χ1v) is 15.3. The van der Waals surface area contributed by atoms with Crippen LogP contribution in [-0.2, 0) is 6.18 Å². The van der Waals surface area contributed by atoms with E-state index in [1.165, 1.54) is 18.1 Å². The summed E-state index contributed by atoms with van der Waals surface area (Å²) in [6, 6.07) is 9.51. The zero-order valence-corrected chi connectivity index (χ0v) is 26.3. The summed E-state index contributed by atoms with van der Waals surface area (Å²) in [5, 5.41) is 3.04. The van der Waals surface area contributed by atoms with Crippen LogP contribution in [-0.4, -0.2) is 102 Å². The van der Waals surface area contributed by atoms with E-state index in [1.54, 1.807) is 18.3 Å². The Labute approximate surface area is 265 Å². The molecule has 0 aliphatic carbocycles. The molecular weight excluding hydrogens is 603 g/mol. The van der Waals surface area contributed by atoms with E-state index in [9.17, 15) is 22.8 Å². The van der Waals surface area contributed by atoms with Crippen LogP contribution in [0.5, 0.6) is 11.8 Å². The van der Waals surface area contributed by atoms with Crippen LogP contribution in [0.3, 0.4) is 0 Å². The number of anilines is 1. The second kappa shape index (κ2) is 13.9. The maximum Gasteiger partial charge on any atom is 0.434 e. The van der Waals surface area contributed by atoms with Crippen molar-refractivity contribution < 1.29 is 32.2 Å². The number of nitrogens with zero attached hydrogens (tertiary/aromatic N) is 6. The standard InChI is InChI=1S/C32H38F3N7O4/c1-5-20-19-41(31(44)23-9-12-26(45-4)39-28(23)32(33,34)35)16-17-42(20)25-11-10-24(22-8-7-14-36-30(22)46-6-2)38-27(25)29(43)37-18-21-13-15-40(21)3/h7-12,14,20-21H,5-6,13,15-19H2,1-4H3,(H,37,43)/t20-,21+/m1/s1. The largest absolute Gasteiger partial charge is 0.481 e. The summed E-state index contributed by atoms with van der Waals surface area (Å²) in [5.41, 5.74) is 0.114. The number of alkyl halides is 3. The van der Waals surface area contributed by atoms with Crippen molar-refractivity contribution in [1.29, 1.82) is 0 Å². The van der Waals surface area contributed by atoms with Gasteiger partial charge in [0, 0.05) is 50.5 Å². The van der Waals surface area contributed by atoms with Gasteiger partial charge < -0.3 is 29.5 Å². The maximum absolute atomic E-state index is 13.9. The molecule has 5 heterocycles. The van der Waals surface area contributed by atoms with Crippen molar-refractivity contribution in [3.8, 4) is 23.0 Å². The summed E-state index contributed by atoms with van der Waals surface area (Å²) in [6.07, 6.45) is -1.68. The Kier molecular flexibility index (Phi) is 9.94. The number of hydrogen-bond donors (Lipinski definition) is 1. The molecule has 2 atom stereocenters. The molecule has 246 valence electrons. The highest BCUT2D eigenvalue weighted by molar-refractivity contribution is 5.99. The van der Waals surface area contributed by atoms with Crippen molar-refractivity contribution in [3.63, 3.8) is 0 Å². The first-order chi connectivity index (χ1) is 22.0. The highest BCUT2D eigenvalue weighted by Crippen LogP contribution is 2.35. The van der Waals surface area contributed by atoms with Crippen LogP contribution in [0.2, 0.25) is 0 Å². The zero-order chi connectivity index (χ0) is 33.0. The number of carbonyl (C=O) groups excluding carboxylic acids is 2. The van der Waals surface area contributed by atoms with E-state index in [2.05, 4.69) is 20.2 Å². The molecule has 2 saturated heterocycles. The molecule has 0 unspecified atom stereocenters. The molecule has 0 spiro atoms. The van der Waals surface area contributed by atoms with Crippen LogP contribution in [0.1, 0.15) is 53.2 Å². The van der Waals surface area contributed by atoms with Crippen LogP contribution >= 0.6 is 0 Å². The van der Waals surface area contributed by atoms with E-state index in [4.69, 9.17) is 14.5 Å². The van der Waals surface area contributed by atoms with Crippen LogP contribution in [0.15, 0.2) is 42.6 Å². The van der Waals surface area contributed by atoms with Crippen molar-refractivity contribution >= 4 is 17.5 Å². The average Bonchev–Trinajstić information content (AvgIpc) is 3.06. The molecule has 2 aliphatic heterocycles. The molecule has 0 bridgehead atoms. The molecule has 0 radical (unpaired) electrons. The van der Waals surface area contributed by atoms with Gasteiger partial charge in [-0.15, -0.1) is 0 Å². The van der Waals surface area contributed by atoms with Gasteiger partial charge in [-0.3, -0.25) is 9.59 Å². The molecule has 14 heteroatoms. The Hall–Kier alpha value is -4.46. The second-order valence-corrected chi connectivity index (χ2v) is 11.2. The number of carbonyl (C=O) groups is 2. The maximum atomic E-state index is 13.9. The number of likely N-dealkylation sites (N-methyl/N-ethyl adjacent to an activating group) is 1. The first-order valence-electron chi connectivity index (χ1n) is 15.3. The van der Waals surface area contributed by atoms with Gasteiger partial charge in [-0.05, 0) is 63.7 Å². The summed E-state index contributed by atoms with van der Waals surface area (Å²) in [4.78, 5) is 45.5. The summed E-state index contributed by atoms with van der Waals surface area (Å²) in [6.45, 7) is 6.18. The monoisotopic (exact) mass is 641 g/mol. The Morgan fingerprint density at radius 1 is 1.04 bits per heavy atom. The number of pyridine rings is 3. The van der Waals surface area contributed by atoms with Gasteiger partial charge in [0.25, 0.3) is 11.8 Å². The third-order valence-electron chi connectivity index (χ3n) is 8.48. The lowest BCUT2D eigenvalue weighted by Crippen LogP contribution is -2.55. The topological polar surface area (TPSA) is 113 Å². The van der Waals surface area contributed by atoms with Gasteiger partial charge in [0.1, 0.15) is 0 Å². The molecule has 2 aliphatic rings. The number of halogens is 3. The van der Waals surface area contributed by atoms with E-state index in [0.29, 0.717) is 42.4 Å². The molecule has 3 aromatic heterocycles. The van der Waals surface area contributed by atoms with E-state index in [0.717, 1.165) is 19.0 Å². The van der Waals surface area contributed by atoms with Crippen molar-refractivity contribution in [3.05, 3.63) is 59.5 Å². The number of likely N-dealkylation sites (tertiary alicyclic amines) is 1. The van der Waals surface area contributed by atoms with Gasteiger partial charge in [-0.2, -0.15) is 13.2 Å². The fourth-order valence-electron chi connectivity index (χ4n) is 5.78. The van der Waals surface area contributed by atoms with Crippen molar-refractivity contribution in [2.24, 2.45) is 0 Å². The highest BCUT2D eigenvalue weighted by Gasteiger charge is 2.40. The Balaban J connectivity index is 1.45. The van der Waals surface area contributed by atoms with Gasteiger partial charge in [0.15, 0.2) is 11.4 Å². The normalized spacial score (nSPS) is 18.6. The molecule has 3 aromatic rings. The number of aromatic nitrogens is 3. The minimum absolute atomic E-state index is 0.130. The smallest absolute Gasteiger partial charge is 0.434 e. The molecule has 2 fully saturated rings. The third kappa shape index (κ3) is 6.86. The summed E-state index contributed by atoms with van der Waals surface area (Å²) < 4.78 is 52.2.